The highest BCUT2D eigenvalue weighted by Gasteiger charge is 2.42. The summed E-state index contributed by atoms with van der Waals surface area (Å²) in [5.41, 5.74) is -21.3. The van der Waals surface area contributed by atoms with Crippen molar-refractivity contribution in [1.82, 2.24) is 4.48 Å². The smallest absolute Gasteiger partial charge is 0.200 e. The first-order chi connectivity index (χ1) is 24.8. The summed E-state index contributed by atoms with van der Waals surface area (Å²) in [6.07, 6.45) is 0. The summed E-state index contributed by atoms with van der Waals surface area (Å²) >= 11 is 0. The molecule has 5 rings (SSSR count). The number of halogens is 20. The van der Waals surface area contributed by atoms with Gasteiger partial charge in [0.05, 0.1) is 49.0 Å². The van der Waals surface area contributed by atoms with Crippen LogP contribution in [0, 0.1) is 116 Å². The van der Waals surface area contributed by atoms with Crippen LogP contribution in [0.5, 0.6) is 0 Å². The Morgan fingerprint density at radius 1 is 0.241 bits per heavy atom. The van der Waals surface area contributed by atoms with Gasteiger partial charge < -0.3 is 0 Å². The van der Waals surface area contributed by atoms with Crippen LogP contribution < -0.4 is 4.48 Å². The third kappa shape index (κ3) is 5.53. The molecule has 54 heavy (non-hydrogen) atoms. The Hall–Kier alpha value is -5.34. The van der Waals surface area contributed by atoms with E-state index in [-0.39, 0.29) is 6.07 Å². The van der Waals surface area contributed by atoms with Gasteiger partial charge >= 0.3 is 0 Å². The summed E-state index contributed by atoms with van der Waals surface area (Å²) in [7, 11) is 2.27. The second-order valence-electron chi connectivity index (χ2n) is 11.9. The minimum atomic E-state index is -3.18. The largest absolute Gasteiger partial charge is 0.298 e. The zero-order chi connectivity index (χ0) is 41.0. The van der Waals surface area contributed by atoms with Crippen LogP contribution in [-0.4, -0.2) is 21.1 Å². The zero-order valence-corrected chi connectivity index (χ0v) is 26.1. The third-order valence-corrected chi connectivity index (χ3v) is 7.89. The fourth-order valence-corrected chi connectivity index (χ4v) is 5.47. The van der Waals surface area contributed by atoms with Crippen LogP contribution in [0.1, 0.15) is 0 Å². The summed E-state index contributed by atoms with van der Waals surface area (Å²) in [6.45, 7) is 0. The van der Waals surface area contributed by atoms with E-state index in [0.29, 0.717) is 0 Å². The molecular weight excluding hydrogens is 790 g/mol. The third-order valence-electron chi connectivity index (χ3n) is 7.89. The van der Waals surface area contributed by atoms with Gasteiger partial charge in [0.15, 0.2) is 93.1 Å². The van der Waals surface area contributed by atoms with Crippen LogP contribution in [0.25, 0.3) is 44.5 Å². The van der Waals surface area contributed by atoms with E-state index in [0.717, 1.165) is 21.1 Å². The molecule has 0 unspecified atom stereocenters. The van der Waals surface area contributed by atoms with E-state index in [9.17, 15) is 52.7 Å². The quantitative estimate of drug-likeness (QED) is 0.0719. The van der Waals surface area contributed by atoms with E-state index in [1.54, 1.807) is 0 Å². The van der Waals surface area contributed by atoms with Crippen molar-refractivity contribution in [1.29, 1.82) is 0 Å². The molecule has 0 aliphatic rings. The predicted molar refractivity (Wildman–Crippen MR) is 147 cm³/mol. The Morgan fingerprint density at radius 2 is 0.444 bits per heavy atom. The molecule has 1 nitrogen and oxygen atoms in total. The fourth-order valence-electron chi connectivity index (χ4n) is 5.47. The molecule has 0 aliphatic heterocycles. The van der Waals surface area contributed by atoms with E-state index >= 15 is 35.1 Å². The Kier molecular flexibility index (Phi) is 9.74. The van der Waals surface area contributed by atoms with Crippen LogP contribution in [0.3, 0.4) is 0 Å². The first-order valence-corrected chi connectivity index (χ1v) is 13.9. The fraction of sp³-hybridized carbons (Fsp3) is 0.0909. The number of rotatable bonds is 5. The standard InChI is InChI=1S/C33H10F20N/c1-54(2,3)6-4-5(8-14(34)22(42)30(50)23(43)15(8)35)7(11-16(36)24(44)31(51)25(45)17(11)37)10(13-20(40)28(48)33(53)29(49)21(13)41)9(6)12-18(38)26(46)32(52)27(47)19(12)39/h4H,1-3H3/q+1. The molecule has 0 spiro atoms. The normalized spacial score (nSPS) is 12.0. The average molecular weight is 800 g/mol. The number of quaternary nitrogens is 1. The number of hydrogen-bond donors (Lipinski definition) is 0. The molecular formula is C33H10F20N+. The van der Waals surface area contributed by atoms with Crippen molar-refractivity contribution in [2.75, 3.05) is 21.1 Å². The molecule has 0 fully saturated rings. The SMILES string of the molecule is C[N+](C)(C)c1cc(-c2c(F)c(F)c(F)c(F)c2F)c(-c2c(F)c(F)c(F)c(F)c2F)c(-c2c(F)c(F)c(F)c(F)c2F)c1-c1c(F)c(F)c(F)c(F)c1F. The highest BCUT2D eigenvalue weighted by Crippen LogP contribution is 2.55. The molecule has 0 aliphatic carbocycles. The first kappa shape index (κ1) is 39.9. The lowest BCUT2D eigenvalue weighted by atomic mass is 9.79. The lowest BCUT2D eigenvalue weighted by Crippen LogP contribution is -2.36. The molecule has 0 bridgehead atoms. The van der Waals surface area contributed by atoms with Gasteiger partial charge in [-0.05, 0) is 0 Å². The first-order valence-electron chi connectivity index (χ1n) is 13.9. The molecule has 0 saturated carbocycles. The Balaban J connectivity index is 2.39. The molecule has 0 saturated heterocycles. The lowest BCUT2D eigenvalue weighted by molar-refractivity contribution is 0.379. The van der Waals surface area contributed by atoms with E-state index in [2.05, 4.69) is 0 Å². The Labute approximate surface area is 286 Å². The van der Waals surface area contributed by atoms with E-state index in [1.165, 1.54) is 0 Å². The minimum Gasteiger partial charge on any atom is -0.298 e. The molecule has 0 aromatic heterocycles. The van der Waals surface area contributed by atoms with Crippen molar-refractivity contribution < 1.29 is 87.8 Å². The van der Waals surface area contributed by atoms with Crippen molar-refractivity contribution >= 4 is 5.69 Å². The molecule has 21 heteroatoms. The minimum absolute atomic E-state index is 0.158. The van der Waals surface area contributed by atoms with Gasteiger partial charge in [0, 0.05) is 22.8 Å². The van der Waals surface area contributed by atoms with Gasteiger partial charge in [0.2, 0.25) is 23.3 Å². The monoisotopic (exact) mass is 800 g/mol. The average Bonchev–Trinajstić information content (AvgIpc) is 3.12. The summed E-state index contributed by atoms with van der Waals surface area (Å²) in [5.74, 6) is -61.5. The molecule has 0 amide bonds. The summed E-state index contributed by atoms with van der Waals surface area (Å²) < 4.78 is 299. The molecule has 5 aromatic carbocycles. The second kappa shape index (κ2) is 13.2. The van der Waals surface area contributed by atoms with Crippen LogP contribution in [-0.2, 0) is 0 Å². The van der Waals surface area contributed by atoms with Gasteiger partial charge in [-0.1, -0.05) is 0 Å². The summed E-state index contributed by atoms with van der Waals surface area (Å²) in [5, 5.41) is 0. The van der Waals surface area contributed by atoms with Crippen LogP contribution in [0.2, 0.25) is 0 Å². The van der Waals surface area contributed by atoms with E-state index in [1.807, 2.05) is 0 Å². The van der Waals surface area contributed by atoms with Crippen molar-refractivity contribution in [3.05, 3.63) is 122 Å². The van der Waals surface area contributed by atoms with Gasteiger partial charge in [0.25, 0.3) is 0 Å². The van der Waals surface area contributed by atoms with E-state index < -0.39 is 171 Å². The van der Waals surface area contributed by atoms with Crippen LogP contribution in [0.15, 0.2) is 6.07 Å². The predicted octanol–water partition coefficient (Wildman–Crippen LogP) is 11.3. The van der Waals surface area contributed by atoms with Gasteiger partial charge in [-0.15, -0.1) is 0 Å². The van der Waals surface area contributed by atoms with Gasteiger partial charge in [-0.25, -0.2) is 87.8 Å². The molecule has 0 atom stereocenters. The number of benzene rings is 5. The molecule has 5 aromatic rings. The maximum atomic E-state index is 15.8. The Morgan fingerprint density at radius 3 is 0.704 bits per heavy atom. The van der Waals surface area contributed by atoms with Crippen LogP contribution in [0.4, 0.5) is 93.5 Å². The molecule has 0 heterocycles. The number of nitrogens with zero attached hydrogens (tertiary/aromatic N) is 1. The zero-order valence-electron chi connectivity index (χ0n) is 26.1. The van der Waals surface area contributed by atoms with E-state index in [4.69, 9.17) is 0 Å². The molecule has 0 radical (unpaired) electrons. The summed E-state index contributed by atoms with van der Waals surface area (Å²) in [6, 6.07) is -0.158. The van der Waals surface area contributed by atoms with Crippen molar-refractivity contribution in [2.45, 2.75) is 0 Å². The van der Waals surface area contributed by atoms with Gasteiger partial charge in [-0.2, -0.15) is 0 Å². The van der Waals surface area contributed by atoms with Crippen molar-refractivity contribution in [3.8, 4) is 44.5 Å². The van der Waals surface area contributed by atoms with Crippen molar-refractivity contribution in [3.63, 3.8) is 0 Å². The maximum Gasteiger partial charge on any atom is 0.200 e. The van der Waals surface area contributed by atoms with Crippen molar-refractivity contribution in [2.24, 2.45) is 0 Å². The lowest BCUT2D eigenvalue weighted by Gasteiger charge is -2.31. The molecule has 0 N–H and O–H groups in total. The van der Waals surface area contributed by atoms with Gasteiger partial charge in [0.1, 0.15) is 5.69 Å². The molecule has 286 valence electrons. The van der Waals surface area contributed by atoms with Crippen LogP contribution >= 0.6 is 0 Å². The summed E-state index contributed by atoms with van der Waals surface area (Å²) in [4.78, 5) is 0. The van der Waals surface area contributed by atoms with Gasteiger partial charge in [-0.3, -0.25) is 4.48 Å². The maximum absolute atomic E-state index is 15.8. The topological polar surface area (TPSA) is 0 Å². The highest BCUT2D eigenvalue weighted by atomic mass is 19.2. The highest BCUT2D eigenvalue weighted by molar-refractivity contribution is 6.07. The second-order valence-corrected chi connectivity index (χ2v) is 11.9. The number of hydrogen-bond acceptors (Lipinski definition) is 0. The Bertz CT molecular complexity index is 2370.